The second-order valence-corrected chi connectivity index (χ2v) is 4.80. The summed E-state index contributed by atoms with van der Waals surface area (Å²) in [5.74, 6) is 1.32. The summed E-state index contributed by atoms with van der Waals surface area (Å²) in [5.41, 5.74) is 5.92. The van der Waals surface area contributed by atoms with Gasteiger partial charge < -0.3 is 11.1 Å². The number of hydrogen-bond acceptors (Lipinski definition) is 4. The number of hydrogen-bond donors (Lipinski definition) is 2. The first-order chi connectivity index (χ1) is 8.22. The molecular formula is C12H15ClN4. The summed E-state index contributed by atoms with van der Waals surface area (Å²) in [4.78, 5) is 4.17. The number of nitrogens with zero attached hydrogens (tertiary/aromatic N) is 2. The van der Waals surface area contributed by atoms with Crippen LogP contribution in [0.25, 0.3) is 0 Å². The highest BCUT2D eigenvalue weighted by Crippen LogP contribution is 2.27. The number of pyridine rings is 1. The van der Waals surface area contributed by atoms with Crippen LogP contribution in [0.4, 0.5) is 5.82 Å². The number of aromatic nitrogens is 1. The minimum Gasteiger partial charge on any atom is -0.367 e. The van der Waals surface area contributed by atoms with Crippen LogP contribution in [0, 0.1) is 17.2 Å². The van der Waals surface area contributed by atoms with Crippen LogP contribution in [-0.4, -0.2) is 17.6 Å². The molecule has 2 rings (SSSR count). The van der Waals surface area contributed by atoms with Gasteiger partial charge in [-0.3, -0.25) is 0 Å². The zero-order valence-electron chi connectivity index (χ0n) is 9.49. The second kappa shape index (κ2) is 5.35. The molecule has 0 saturated heterocycles. The Morgan fingerprint density at radius 1 is 1.53 bits per heavy atom. The highest BCUT2D eigenvalue weighted by atomic mass is 35.5. The number of nitrogens with one attached hydrogen (secondary N) is 1. The van der Waals surface area contributed by atoms with Crippen LogP contribution in [0.15, 0.2) is 12.1 Å². The minimum absolute atomic E-state index is 0.269. The third kappa shape index (κ3) is 2.87. The first kappa shape index (κ1) is 12.2. The van der Waals surface area contributed by atoms with Crippen LogP contribution in [0.5, 0.6) is 0 Å². The first-order valence-corrected chi connectivity index (χ1v) is 6.14. The summed E-state index contributed by atoms with van der Waals surface area (Å²) in [6.07, 6.45) is 3.34. The van der Waals surface area contributed by atoms with E-state index in [1.807, 2.05) is 6.07 Å². The van der Waals surface area contributed by atoms with Crippen molar-refractivity contribution < 1.29 is 0 Å². The van der Waals surface area contributed by atoms with E-state index in [0.717, 1.165) is 25.8 Å². The van der Waals surface area contributed by atoms with Crippen molar-refractivity contribution in [3.05, 3.63) is 22.8 Å². The van der Waals surface area contributed by atoms with Gasteiger partial charge in [-0.25, -0.2) is 4.98 Å². The van der Waals surface area contributed by atoms with E-state index in [0.29, 0.717) is 22.8 Å². The summed E-state index contributed by atoms with van der Waals surface area (Å²) in [6, 6.07) is 5.89. The number of halogens is 1. The Morgan fingerprint density at radius 2 is 2.35 bits per heavy atom. The quantitative estimate of drug-likeness (QED) is 0.862. The van der Waals surface area contributed by atoms with Gasteiger partial charge in [0.15, 0.2) is 5.69 Å². The summed E-state index contributed by atoms with van der Waals surface area (Å²) in [5, 5.41) is 12.6. The lowest BCUT2D eigenvalue weighted by Gasteiger charge is -2.13. The molecule has 0 bridgehead atoms. The Labute approximate surface area is 106 Å². The highest BCUT2D eigenvalue weighted by molar-refractivity contribution is 6.31. The van der Waals surface area contributed by atoms with E-state index in [1.165, 1.54) is 0 Å². The summed E-state index contributed by atoms with van der Waals surface area (Å²) in [6.45, 7) is 0.746. The molecule has 1 heterocycles. The Kier molecular flexibility index (Phi) is 3.82. The second-order valence-electron chi connectivity index (χ2n) is 4.39. The molecule has 90 valence electrons. The van der Waals surface area contributed by atoms with Crippen molar-refractivity contribution in [2.24, 2.45) is 11.7 Å². The maximum Gasteiger partial charge on any atom is 0.161 e. The Morgan fingerprint density at radius 3 is 3.00 bits per heavy atom. The monoisotopic (exact) mass is 250 g/mol. The molecule has 2 atom stereocenters. The predicted molar refractivity (Wildman–Crippen MR) is 67.8 cm³/mol. The largest absolute Gasteiger partial charge is 0.367 e. The summed E-state index contributed by atoms with van der Waals surface area (Å²) >= 11 is 5.83. The van der Waals surface area contributed by atoms with E-state index in [1.54, 1.807) is 12.1 Å². The molecule has 0 radical (unpaired) electrons. The zero-order chi connectivity index (χ0) is 12.3. The molecule has 1 saturated carbocycles. The molecule has 3 N–H and O–H groups in total. The molecule has 5 heteroatoms. The fraction of sp³-hybridized carbons (Fsp3) is 0.500. The zero-order valence-corrected chi connectivity index (χ0v) is 10.2. The van der Waals surface area contributed by atoms with E-state index >= 15 is 0 Å². The number of nitrogens with two attached hydrogens (primary N) is 1. The minimum atomic E-state index is 0.269. The molecule has 0 aromatic carbocycles. The van der Waals surface area contributed by atoms with Crippen molar-refractivity contribution in [2.45, 2.75) is 25.3 Å². The summed E-state index contributed by atoms with van der Waals surface area (Å²) in [7, 11) is 0. The van der Waals surface area contributed by atoms with Crippen LogP contribution in [0.2, 0.25) is 5.02 Å². The normalized spacial score (nSPS) is 23.4. The maximum absolute atomic E-state index is 8.84. The van der Waals surface area contributed by atoms with Crippen molar-refractivity contribution in [2.75, 3.05) is 11.9 Å². The highest BCUT2D eigenvalue weighted by Gasteiger charge is 2.23. The molecule has 2 unspecified atom stereocenters. The van der Waals surface area contributed by atoms with E-state index in [9.17, 15) is 0 Å². The molecule has 1 aliphatic carbocycles. The van der Waals surface area contributed by atoms with E-state index in [4.69, 9.17) is 22.6 Å². The van der Waals surface area contributed by atoms with E-state index in [-0.39, 0.29) is 5.69 Å². The van der Waals surface area contributed by atoms with Gasteiger partial charge in [-0.15, -0.1) is 0 Å². The fourth-order valence-corrected chi connectivity index (χ4v) is 2.38. The third-order valence-corrected chi connectivity index (χ3v) is 3.48. The van der Waals surface area contributed by atoms with Gasteiger partial charge in [-0.05, 0) is 43.9 Å². The Hall–Kier alpha value is -1.31. The van der Waals surface area contributed by atoms with Gasteiger partial charge in [-0.1, -0.05) is 11.6 Å². The lowest BCUT2D eigenvalue weighted by atomic mass is 10.1. The van der Waals surface area contributed by atoms with E-state index < -0.39 is 0 Å². The van der Waals surface area contributed by atoms with Gasteiger partial charge in [0.2, 0.25) is 0 Å². The molecule has 0 aliphatic heterocycles. The third-order valence-electron chi connectivity index (χ3n) is 3.18. The molecule has 4 nitrogen and oxygen atoms in total. The van der Waals surface area contributed by atoms with Crippen LogP contribution < -0.4 is 11.1 Å². The lowest BCUT2D eigenvalue weighted by Crippen LogP contribution is -2.18. The molecule has 0 amide bonds. The first-order valence-electron chi connectivity index (χ1n) is 5.76. The van der Waals surface area contributed by atoms with Gasteiger partial charge in [0.1, 0.15) is 11.9 Å². The van der Waals surface area contributed by atoms with Gasteiger partial charge in [0, 0.05) is 6.04 Å². The molecule has 1 aromatic heterocycles. The molecule has 1 aromatic rings. The van der Waals surface area contributed by atoms with E-state index in [2.05, 4.69) is 10.3 Å². The molecule has 0 spiro atoms. The van der Waals surface area contributed by atoms with Gasteiger partial charge in [-0.2, -0.15) is 5.26 Å². The smallest absolute Gasteiger partial charge is 0.161 e. The molecule has 1 fully saturated rings. The van der Waals surface area contributed by atoms with Crippen LogP contribution in [0.1, 0.15) is 25.0 Å². The topological polar surface area (TPSA) is 74.7 Å². The molecular weight excluding hydrogens is 236 g/mol. The van der Waals surface area contributed by atoms with Gasteiger partial charge >= 0.3 is 0 Å². The van der Waals surface area contributed by atoms with Crippen molar-refractivity contribution in [3.63, 3.8) is 0 Å². The number of nitriles is 1. The predicted octanol–water partition coefficient (Wildman–Crippen LogP) is 2.15. The maximum atomic E-state index is 8.84. The SMILES string of the molecule is N#Cc1nc(NC2CCC(CN)C2)ccc1Cl. The van der Waals surface area contributed by atoms with Crippen molar-refractivity contribution in [1.82, 2.24) is 4.98 Å². The van der Waals surface area contributed by atoms with Crippen molar-refractivity contribution in [3.8, 4) is 6.07 Å². The van der Waals surface area contributed by atoms with Crippen LogP contribution >= 0.6 is 11.6 Å². The van der Waals surface area contributed by atoms with Gasteiger partial charge in [0.25, 0.3) is 0 Å². The fourth-order valence-electron chi connectivity index (χ4n) is 2.23. The van der Waals surface area contributed by atoms with Gasteiger partial charge in [0.05, 0.1) is 5.02 Å². The molecule has 1 aliphatic rings. The Balaban J connectivity index is 2.02. The average Bonchev–Trinajstić information content (AvgIpc) is 2.79. The standard InChI is InChI=1S/C12H15ClN4/c13-10-3-4-12(17-11(10)7-15)16-9-2-1-8(5-9)6-14/h3-4,8-9H,1-2,5-6,14H2,(H,16,17). The van der Waals surface area contributed by atoms with Crippen molar-refractivity contribution in [1.29, 1.82) is 5.26 Å². The van der Waals surface area contributed by atoms with Crippen LogP contribution in [0.3, 0.4) is 0 Å². The number of anilines is 1. The molecule has 17 heavy (non-hydrogen) atoms. The van der Waals surface area contributed by atoms with Crippen LogP contribution in [-0.2, 0) is 0 Å². The lowest BCUT2D eigenvalue weighted by molar-refractivity contribution is 0.555. The Bertz CT molecular complexity index is 441. The number of rotatable bonds is 3. The average molecular weight is 251 g/mol. The van der Waals surface area contributed by atoms with Crippen molar-refractivity contribution >= 4 is 17.4 Å². The summed E-state index contributed by atoms with van der Waals surface area (Å²) < 4.78 is 0.